The highest BCUT2D eigenvalue weighted by molar-refractivity contribution is 5.76. The van der Waals surface area contributed by atoms with Crippen molar-refractivity contribution in [2.75, 3.05) is 32.8 Å². The number of halogens is 3. The minimum absolute atomic E-state index is 0.324. The molecule has 0 bridgehead atoms. The first-order valence-corrected chi connectivity index (χ1v) is 13.6. The van der Waals surface area contributed by atoms with Crippen LogP contribution < -0.4 is 4.74 Å². The van der Waals surface area contributed by atoms with Crippen molar-refractivity contribution in [1.82, 2.24) is 9.80 Å². The Hall–Kier alpha value is -3.07. The summed E-state index contributed by atoms with van der Waals surface area (Å²) in [5, 5.41) is 7.12. The Morgan fingerprint density at radius 1 is 0.949 bits per heavy atom. The topological polar surface area (TPSA) is 70.1 Å². The number of hydrogen-bond donors (Lipinski definition) is 1. The number of carboxylic acid groups (broad SMARTS) is 1. The lowest BCUT2D eigenvalue weighted by atomic mass is 9.71. The third-order valence-electron chi connectivity index (χ3n) is 7.75. The van der Waals surface area contributed by atoms with E-state index in [0.717, 1.165) is 57.7 Å². The molecule has 1 amide bonds. The molecule has 2 aliphatic rings. The lowest BCUT2D eigenvalue weighted by molar-refractivity contribution is -0.192. The molecule has 6 nitrogen and oxygen atoms in total. The van der Waals surface area contributed by atoms with E-state index in [1.807, 2.05) is 6.92 Å². The molecule has 0 aliphatic carbocycles. The molecule has 2 saturated heterocycles. The van der Waals surface area contributed by atoms with Gasteiger partial charge in [-0.25, -0.2) is 4.79 Å². The van der Waals surface area contributed by atoms with Crippen LogP contribution in [0.5, 0.6) is 5.75 Å². The maximum absolute atomic E-state index is 12.8. The second kappa shape index (κ2) is 13.8. The molecule has 39 heavy (non-hydrogen) atoms. The lowest BCUT2D eigenvalue weighted by Crippen LogP contribution is -2.48. The number of carbonyl (C=O) groups excluding carboxylic acids is 1. The Balaban J connectivity index is 0.000000532. The normalized spacial score (nSPS) is 17.3. The molecular weight excluding hydrogens is 509 g/mol. The number of nitrogens with zero attached hydrogens (tertiary/aromatic N) is 2. The Morgan fingerprint density at radius 3 is 2.08 bits per heavy atom. The van der Waals surface area contributed by atoms with Gasteiger partial charge in [-0.15, -0.1) is 0 Å². The first-order chi connectivity index (χ1) is 18.5. The van der Waals surface area contributed by atoms with Crippen LogP contribution in [0.4, 0.5) is 13.2 Å². The lowest BCUT2D eigenvalue weighted by Gasteiger charge is -2.47. The number of aryl methyl sites for hydroxylation is 2. The van der Waals surface area contributed by atoms with Gasteiger partial charge in [-0.3, -0.25) is 9.69 Å². The zero-order chi connectivity index (χ0) is 28.5. The van der Waals surface area contributed by atoms with E-state index >= 15 is 0 Å². The van der Waals surface area contributed by atoms with Crippen molar-refractivity contribution in [3.8, 4) is 5.75 Å². The molecule has 1 spiro atoms. The zero-order valence-corrected chi connectivity index (χ0v) is 22.8. The van der Waals surface area contributed by atoms with Crippen LogP contribution >= 0.6 is 0 Å². The number of carboxylic acids is 1. The van der Waals surface area contributed by atoms with E-state index < -0.39 is 12.1 Å². The molecule has 1 N–H and O–H groups in total. The number of para-hydroxylation sites is 1. The number of aliphatic carboxylic acids is 1. The largest absolute Gasteiger partial charge is 0.494 e. The van der Waals surface area contributed by atoms with Gasteiger partial charge in [0.05, 0.1) is 6.61 Å². The molecule has 2 aromatic rings. The predicted molar refractivity (Wildman–Crippen MR) is 144 cm³/mol. The molecule has 0 saturated carbocycles. The van der Waals surface area contributed by atoms with Gasteiger partial charge in [0, 0.05) is 31.6 Å². The molecule has 0 aromatic heterocycles. The van der Waals surface area contributed by atoms with E-state index in [1.165, 1.54) is 29.5 Å². The van der Waals surface area contributed by atoms with Crippen molar-refractivity contribution in [3.05, 3.63) is 65.2 Å². The average molecular weight is 549 g/mol. The van der Waals surface area contributed by atoms with Crippen molar-refractivity contribution in [2.24, 2.45) is 5.41 Å². The summed E-state index contributed by atoms with van der Waals surface area (Å²) >= 11 is 0. The van der Waals surface area contributed by atoms with Gasteiger partial charge < -0.3 is 14.7 Å². The Morgan fingerprint density at radius 2 is 1.51 bits per heavy atom. The Bertz CT molecular complexity index is 1070. The molecule has 0 unspecified atom stereocenters. The summed E-state index contributed by atoms with van der Waals surface area (Å²) in [5.74, 6) is -1.41. The first-order valence-electron chi connectivity index (χ1n) is 13.6. The number of carbonyl (C=O) groups is 2. The highest BCUT2D eigenvalue weighted by Crippen LogP contribution is 2.41. The van der Waals surface area contributed by atoms with Crippen molar-refractivity contribution in [2.45, 2.75) is 65.1 Å². The van der Waals surface area contributed by atoms with E-state index in [2.05, 4.69) is 65.3 Å². The summed E-state index contributed by atoms with van der Waals surface area (Å²) in [6.45, 7) is 9.96. The quantitative estimate of drug-likeness (QED) is 0.469. The summed E-state index contributed by atoms with van der Waals surface area (Å²) in [6.07, 6.45) is 1.20. The minimum Gasteiger partial charge on any atom is -0.494 e. The fourth-order valence-electron chi connectivity index (χ4n) is 5.25. The van der Waals surface area contributed by atoms with Gasteiger partial charge in [-0.1, -0.05) is 48.0 Å². The van der Waals surface area contributed by atoms with Gasteiger partial charge in [0.2, 0.25) is 5.91 Å². The predicted octanol–water partition coefficient (Wildman–Crippen LogP) is 5.86. The summed E-state index contributed by atoms with van der Waals surface area (Å²) in [6, 6.07) is 17.0. The number of benzene rings is 2. The molecule has 214 valence electrons. The van der Waals surface area contributed by atoms with Crippen LogP contribution in [-0.2, 0) is 22.6 Å². The van der Waals surface area contributed by atoms with E-state index in [4.69, 9.17) is 14.6 Å². The monoisotopic (exact) mass is 548 g/mol. The number of likely N-dealkylation sites (tertiary alicyclic amines) is 2. The molecule has 2 heterocycles. The van der Waals surface area contributed by atoms with E-state index in [1.54, 1.807) is 0 Å². The van der Waals surface area contributed by atoms with Gasteiger partial charge in [-0.05, 0) is 76.1 Å². The van der Waals surface area contributed by atoms with Crippen LogP contribution in [-0.4, -0.2) is 65.7 Å². The van der Waals surface area contributed by atoms with Crippen LogP contribution in [0.25, 0.3) is 0 Å². The van der Waals surface area contributed by atoms with Crippen LogP contribution in [0, 0.1) is 12.3 Å². The molecule has 0 atom stereocenters. The number of alkyl halides is 3. The highest BCUT2D eigenvalue weighted by atomic mass is 19.4. The standard InChI is InChI=1S/C28H38N2O2.C2HF3O2/c1-3-32-26-7-5-4-6-25(26)22-29-18-14-28(15-19-29)16-20-30(21-17-28)27(31)13-12-24-10-8-23(2)9-11-24;3-2(4,5)1(6)7/h4-11H,3,12-22H2,1-2H3;(H,6,7). The van der Waals surface area contributed by atoms with Crippen LogP contribution in [0.1, 0.15) is 55.7 Å². The number of ether oxygens (including phenoxy) is 1. The van der Waals surface area contributed by atoms with Gasteiger partial charge in [0.1, 0.15) is 5.75 Å². The Labute approximate surface area is 228 Å². The zero-order valence-electron chi connectivity index (χ0n) is 22.8. The second-order valence-electron chi connectivity index (χ2n) is 10.5. The second-order valence-corrected chi connectivity index (χ2v) is 10.5. The number of hydrogen-bond acceptors (Lipinski definition) is 4. The van der Waals surface area contributed by atoms with E-state index in [-0.39, 0.29) is 0 Å². The number of piperidine rings is 2. The SMILES string of the molecule is CCOc1ccccc1CN1CCC2(CC1)CCN(C(=O)CCc1ccc(C)cc1)CC2.O=C(O)C(F)(F)F. The van der Waals surface area contributed by atoms with Gasteiger partial charge in [0.25, 0.3) is 0 Å². The van der Waals surface area contributed by atoms with Gasteiger partial charge in [0.15, 0.2) is 0 Å². The van der Waals surface area contributed by atoms with Crippen LogP contribution in [0.15, 0.2) is 48.5 Å². The van der Waals surface area contributed by atoms with Crippen molar-refractivity contribution >= 4 is 11.9 Å². The van der Waals surface area contributed by atoms with Gasteiger partial charge in [-0.2, -0.15) is 13.2 Å². The maximum Gasteiger partial charge on any atom is 0.490 e. The van der Waals surface area contributed by atoms with E-state index in [0.29, 0.717) is 24.3 Å². The summed E-state index contributed by atoms with van der Waals surface area (Å²) in [5.41, 5.74) is 4.25. The van der Waals surface area contributed by atoms with Crippen molar-refractivity contribution in [3.63, 3.8) is 0 Å². The van der Waals surface area contributed by atoms with E-state index in [9.17, 15) is 18.0 Å². The molecule has 0 radical (unpaired) electrons. The Kier molecular flexibility index (Phi) is 10.8. The summed E-state index contributed by atoms with van der Waals surface area (Å²) in [4.78, 5) is 26.3. The fourth-order valence-corrected chi connectivity index (χ4v) is 5.25. The summed E-state index contributed by atoms with van der Waals surface area (Å²) < 4.78 is 37.5. The molecule has 2 aromatic carbocycles. The number of amides is 1. The fraction of sp³-hybridized carbons (Fsp3) is 0.533. The highest BCUT2D eigenvalue weighted by Gasteiger charge is 2.39. The molecule has 4 rings (SSSR count). The van der Waals surface area contributed by atoms with Crippen molar-refractivity contribution in [1.29, 1.82) is 0 Å². The smallest absolute Gasteiger partial charge is 0.490 e. The maximum atomic E-state index is 12.8. The molecule has 9 heteroatoms. The third-order valence-corrected chi connectivity index (χ3v) is 7.75. The average Bonchev–Trinajstić information content (AvgIpc) is 2.91. The molecule has 2 fully saturated rings. The van der Waals surface area contributed by atoms with Crippen molar-refractivity contribution < 1.29 is 32.6 Å². The summed E-state index contributed by atoms with van der Waals surface area (Å²) in [7, 11) is 0. The minimum atomic E-state index is -5.08. The van der Waals surface area contributed by atoms with Crippen LogP contribution in [0.3, 0.4) is 0 Å². The molecular formula is C30H39F3N2O4. The van der Waals surface area contributed by atoms with Gasteiger partial charge >= 0.3 is 12.1 Å². The number of rotatable bonds is 7. The first kappa shape index (κ1) is 30.5. The molecule has 2 aliphatic heterocycles. The van der Waals surface area contributed by atoms with Crippen LogP contribution in [0.2, 0.25) is 0 Å². The third kappa shape index (κ3) is 9.27.